The molecule has 0 amide bonds. The van der Waals surface area contributed by atoms with Gasteiger partial charge in [-0.1, -0.05) is 29.3 Å². The van der Waals surface area contributed by atoms with E-state index in [0.717, 1.165) is 38.1 Å². The number of alkyl halides is 4. The van der Waals surface area contributed by atoms with Gasteiger partial charge in [0.05, 0.1) is 18.8 Å². The third kappa shape index (κ3) is 8.72. The van der Waals surface area contributed by atoms with Crippen LogP contribution in [0.25, 0.3) is 0 Å². The summed E-state index contributed by atoms with van der Waals surface area (Å²) in [5, 5.41) is 11.8. The molecule has 0 saturated heterocycles. The number of benzene rings is 2. The summed E-state index contributed by atoms with van der Waals surface area (Å²) in [6.07, 6.45) is 4.69. The van der Waals surface area contributed by atoms with Crippen LogP contribution in [0.4, 0.5) is 17.6 Å². The summed E-state index contributed by atoms with van der Waals surface area (Å²) < 4.78 is 79.1. The quantitative estimate of drug-likeness (QED) is 0.0720. The first-order valence-electron chi connectivity index (χ1n) is 13.8. The number of carbonyl (C=O) groups excluding carboxylic acids is 1. The first-order valence-corrected chi connectivity index (χ1v) is 14.5. The van der Waals surface area contributed by atoms with Crippen LogP contribution in [0.1, 0.15) is 53.3 Å². The molecule has 3 aromatic rings. The van der Waals surface area contributed by atoms with E-state index in [1.807, 2.05) is 0 Å². The van der Waals surface area contributed by atoms with E-state index in [1.54, 1.807) is 0 Å². The summed E-state index contributed by atoms with van der Waals surface area (Å²) in [5.74, 6) is -0.773. The molecule has 1 atom stereocenters. The molecule has 1 heterocycles. The molecule has 2 aromatic carbocycles. The number of nitrogens with zero attached hydrogens (tertiary/aromatic N) is 1. The molecular formula is C30H27Cl2F4NO7. The Morgan fingerprint density at radius 1 is 0.818 bits per heavy atom. The van der Waals surface area contributed by atoms with Crippen LogP contribution in [0.5, 0.6) is 23.0 Å². The number of esters is 1. The summed E-state index contributed by atoms with van der Waals surface area (Å²) in [6.45, 7) is -5.67. The van der Waals surface area contributed by atoms with Gasteiger partial charge in [0.25, 0.3) is 0 Å². The average Bonchev–Trinajstić information content (AvgIpc) is 3.88. The SMILES string of the molecule is O=C(O[C@@H](Cc1c(Cl)c[n+]([O-])cc1Cl)c1ccc(OC(F)F)c(OCC2CC2)c1)c1ccc(OC(F)F)c(OCC2CC2)c1. The molecule has 236 valence electrons. The van der Waals surface area contributed by atoms with Crippen molar-refractivity contribution in [1.29, 1.82) is 0 Å². The van der Waals surface area contributed by atoms with Gasteiger partial charge in [0.15, 0.2) is 35.4 Å². The van der Waals surface area contributed by atoms with E-state index >= 15 is 0 Å². The fourth-order valence-electron chi connectivity index (χ4n) is 4.29. The van der Waals surface area contributed by atoms with Gasteiger partial charge in [0, 0.05) is 12.0 Å². The van der Waals surface area contributed by atoms with Crippen molar-refractivity contribution in [1.82, 2.24) is 0 Å². The second kappa shape index (κ2) is 14.0. The second-order valence-electron chi connectivity index (χ2n) is 10.5. The van der Waals surface area contributed by atoms with Crippen LogP contribution >= 0.6 is 23.2 Å². The van der Waals surface area contributed by atoms with E-state index in [-0.39, 0.29) is 69.7 Å². The lowest BCUT2D eigenvalue weighted by Gasteiger charge is -2.22. The maximum Gasteiger partial charge on any atom is 0.387 e. The number of carbonyl (C=O) groups is 1. The van der Waals surface area contributed by atoms with E-state index < -0.39 is 25.3 Å². The number of ether oxygens (including phenoxy) is 5. The Labute approximate surface area is 259 Å². The van der Waals surface area contributed by atoms with Crippen molar-refractivity contribution in [2.75, 3.05) is 13.2 Å². The van der Waals surface area contributed by atoms with Gasteiger partial charge in [0.1, 0.15) is 16.1 Å². The van der Waals surface area contributed by atoms with Crippen molar-refractivity contribution in [3.05, 3.63) is 80.7 Å². The summed E-state index contributed by atoms with van der Waals surface area (Å²) >= 11 is 12.6. The second-order valence-corrected chi connectivity index (χ2v) is 11.3. The highest BCUT2D eigenvalue weighted by Crippen LogP contribution is 2.39. The van der Waals surface area contributed by atoms with Gasteiger partial charge in [-0.25, -0.2) is 4.79 Å². The summed E-state index contributed by atoms with van der Waals surface area (Å²) in [6, 6.07) is 7.77. The zero-order chi connectivity index (χ0) is 31.4. The van der Waals surface area contributed by atoms with E-state index in [0.29, 0.717) is 16.2 Å². The average molecular weight is 660 g/mol. The predicted molar refractivity (Wildman–Crippen MR) is 150 cm³/mol. The topological polar surface area (TPSA) is 90.2 Å². The number of rotatable bonds is 15. The Morgan fingerprint density at radius 3 is 1.86 bits per heavy atom. The number of hydrogen-bond donors (Lipinski definition) is 0. The highest BCUT2D eigenvalue weighted by atomic mass is 35.5. The Balaban J connectivity index is 1.46. The van der Waals surface area contributed by atoms with Gasteiger partial charge in [-0.2, -0.15) is 22.3 Å². The van der Waals surface area contributed by atoms with E-state index in [2.05, 4.69) is 9.47 Å². The number of pyridine rings is 1. The highest BCUT2D eigenvalue weighted by molar-refractivity contribution is 6.35. The molecular weight excluding hydrogens is 633 g/mol. The Kier molecular flexibility index (Phi) is 10.1. The van der Waals surface area contributed by atoms with Crippen LogP contribution in [0.2, 0.25) is 10.0 Å². The Hall–Kier alpha value is -3.64. The van der Waals surface area contributed by atoms with Crippen molar-refractivity contribution >= 4 is 29.2 Å². The molecule has 14 heteroatoms. The molecule has 44 heavy (non-hydrogen) atoms. The maximum absolute atomic E-state index is 13.5. The maximum atomic E-state index is 13.5. The third-order valence-corrected chi connectivity index (χ3v) is 7.64. The van der Waals surface area contributed by atoms with Gasteiger partial charge in [-0.3, -0.25) is 0 Å². The minimum Gasteiger partial charge on any atom is -0.619 e. The van der Waals surface area contributed by atoms with Crippen LogP contribution in [0.15, 0.2) is 48.8 Å². The molecule has 0 aliphatic heterocycles. The third-order valence-electron chi connectivity index (χ3n) is 6.99. The fourth-order valence-corrected chi connectivity index (χ4v) is 4.89. The van der Waals surface area contributed by atoms with Gasteiger partial charge in [-0.15, -0.1) is 0 Å². The first kappa shape index (κ1) is 31.8. The highest BCUT2D eigenvalue weighted by Gasteiger charge is 2.28. The molecule has 0 radical (unpaired) electrons. The summed E-state index contributed by atoms with van der Waals surface area (Å²) in [4.78, 5) is 13.5. The number of halogens is 6. The molecule has 8 nitrogen and oxygen atoms in total. The predicted octanol–water partition coefficient (Wildman–Crippen LogP) is 7.55. The monoisotopic (exact) mass is 659 g/mol. The Bertz CT molecular complexity index is 1460. The van der Waals surface area contributed by atoms with Crippen molar-refractivity contribution in [3.63, 3.8) is 0 Å². The molecule has 0 spiro atoms. The largest absolute Gasteiger partial charge is 0.619 e. The van der Waals surface area contributed by atoms with Crippen molar-refractivity contribution in [2.45, 2.75) is 51.4 Å². The minimum absolute atomic E-state index is 0.000623. The van der Waals surface area contributed by atoms with Gasteiger partial charge < -0.3 is 28.9 Å². The Morgan fingerprint density at radius 2 is 1.34 bits per heavy atom. The van der Waals surface area contributed by atoms with Crippen LogP contribution in [0.3, 0.4) is 0 Å². The van der Waals surface area contributed by atoms with Crippen molar-refractivity contribution < 1.29 is 50.8 Å². The fraction of sp³-hybridized carbons (Fsp3) is 0.400. The van der Waals surface area contributed by atoms with Gasteiger partial charge in [-0.05, 0) is 73.4 Å². The molecule has 2 saturated carbocycles. The molecule has 0 N–H and O–H groups in total. The molecule has 2 fully saturated rings. The first-order chi connectivity index (χ1) is 21.0. The van der Waals surface area contributed by atoms with Gasteiger partial charge >= 0.3 is 19.2 Å². The smallest absolute Gasteiger partial charge is 0.387 e. The molecule has 0 bridgehead atoms. The summed E-state index contributed by atoms with van der Waals surface area (Å²) in [5.41, 5.74) is 0.563. The van der Waals surface area contributed by atoms with Crippen molar-refractivity contribution in [2.24, 2.45) is 11.8 Å². The van der Waals surface area contributed by atoms with Gasteiger partial charge in [0.2, 0.25) is 0 Å². The molecule has 5 rings (SSSR count). The van der Waals surface area contributed by atoms with Crippen LogP contribution in [-0.2, 0) is 11.2 Å². The van der Waals surface area contributed by atoms with Crippen LogP contribution in [0, 0.1) is 17.0 Å². The zero-order valence-electron chi connectivity index (χ0n) is 23.0. The minimum atomic E-state index is -3.11. The van der Waals surface area contributed by atoms with Crippen LogP contribution in [-0.4, -0.2) is 32.4 Å². The standard InChI is InChI=1S/C30H27Cl2F4NO7/c31-21-12-37(39)13-22(32)20(21)11-25(18-5-7-23(43-29(33)34)26(9-18)40-14-16-1-2-16)42-28(38)19-6-8-24(44-30(35)36)27(10-19)41-15-17-3-4-17/h5-10,12-13,16-17,25,29-30H,1-4,11,14-15H2/t25-/m0/s1. The summed E-state index contributed by atoms with van der Waals surface area (Å²) in [7, 11) is 0. The number of hydrogen-bond acceptors (Lipinski definition) is 7. The molecule has 1 aromatic heterocycles. The molecule has 2 aliphatic carbocycles. The van der Waals surface area contributed by atoms with E-state index in [9.17, 15) is 27.6 Å². The molecule has 2 aliphatic rings. The molecule has 0 unspecified atom stereocenters. The van der Waals surface area contributed by atoms with Crippen molar-refractivity contribution in [3.8, 4) is 23.0 Å². The normalized spacial score (nSPS) is 15.3. The van der Waals surface area contributed by atoms with E-state index in [1.165, 1.54) is 36.4 Å². The lowest BCUT2D eigenvalue weighted by Crippen LogP contribution is -2.25. The van der Waals surface area contributed by atoms with Crippen LogP contribution < -0.4 is 23.7 Å². The zero-order valence-corrected chi connectivity index (χ0v) is 24.5. The van der Waals surface area contributed by atoms with E-state index in [4.69, 9.17) is 37.4 Å². The lowest BCUT2D eigenvalue weighted by atomic mass is 10.0. The number of aromatic nitrogens is 1. The lowest BCUT2D eigenvalue weighted by molar-refractivity contribution is -0.605.